The highest BCUT2D eigenvalue weighted by Crippen LogP contribution is 2.20. The van der Waals surface area contributed by atoms with E-state index in [1.807, 2.05) is 12.1 Å². The number of guanidine groups is 1. The Labute approximate surface area is 193 Å². The molecule has 8 heteroatoms. The summed E-state index contributed by atoms with van der Waals surface area (Å²) in [5, 5.41) is 7.50. The molecular formula is C20H37ClIN5O. The van der Waals surface area contributed by atoms with E-state index in [-0.39, 0.29) is 30.0 Å². The molecule has 0 radical (unpaired) electrons. The number of nitrogens with zero attached hydrogens (tertiary/aromatic N) is 3. The van der Waals surface area contributed by atoms with E-state index in [9.17, 15) is 0 Å². The monoisotopic (exact) mass is 525 g/mol. The van der Waals surface area contributed by atoms with Gasteiger partial charge in [0.1, 0.15) is 0 Å². The molecule has 0 aliphatic rings. The highest BCUT2D eigenvalue weighted by atomic mass is 127. The zero-order valence-corrected chi connectivity index (χ0v) is 21.0. The maximum Gasteiger partial charge on any atom is 0.191 e. The second-order valence-electron chi connectivity index (χ2n) is 6.83. The summed E-state index contributed by atoms with van der Waals surface area (Å²) < 4.78 is 5.10. The molecule has 1 rings (SSSR count). The minimum Gasteiger partial charge on any atom is -0.385 e. The van der Waals surface area contributed by atoms with Gasteiger partial charge < -0.3 is 25.2 Å². The summed E-state index contributed by atoms with van der Waals surface area (Å²) in [5.74, 6) is 0.851. The van der Waals surface area contributed by atoms with Crippen molar-refractivity contribution in [2.24, 2.45) is 4.99 Å². The van der Waals surface area contributed by atoms with Crippen molar-refractivity contribution < 1.29 is 4.74 Å². The van der Waals surface area contributed by atoms with Gasteiger partial charge in [-0.15, -0.1) is 24.0 Å². The Balaban J connectivity index is 0.00000729. The van der Waals surface area contributed by atoms with Crippen molar-refractivity contribution in [3.63, 3.8) is 0 Å². The van der Waals surface area contributed by atoms with Crippen molar-refractivity contribution in [2.45, 2.75) is 19.4 Å². The molecule has 0 aliphatic carbocycles. The molecule has 1 atom stereocenters. The van der Waals surface area contributed by atoms with Crippen LogP contribution >= 0.6 is 35.6 Å². The Hall–Kier alpha value is -0.610. The zero-order chi connectivity index (χ0) is 20.1. The summed E-state index contributed by atoms with van der Waals surface area (Å²) in [7, 11) is 8.02. The maximum atomic E-state index is 6.02. The third-order valence-electron chi connectivity index (χ3n) is 4.32. The first-order valence-corrected chi connectivity index (χ1v) is 9.97. The molecule has 0 aliphatic heterocycles. The smallest absolute Gasteiger partial charge is 0.191 e. The zero-order valence-electron chi connectivity index (χ0n) is 17.9. The molecular weight excluding hydrogens is 489 g/mol. The number of likely N-dealkylation sites (N-methyl/N-ethyl adjacent to an activating group) is 2. The summed E-state index contributed by atoms with van der Waals surface area (Å²) in [6, 6.07) is 8.20. The van der Waals surface area contributed by atoms with Gasteiger partial charge >= 0.3 is 0 Å². The van der Waals surface area contributed by atoms with Gasteiger partial charge in [-0.05, 0) is 52.2 Å². The van der Waals surface area contributed by atoms with Gasteiger partial charge in [0.25, 0.3) is 0 Å². The molecule has 0 fully saturated rings. The Morgan fingerprint density at radius 3 is 2.39 bits per heavy atom. The number of benzene rings is 1. The fourth-order valence-electron chi connectivity index (χ4n) is 2.73. The molecule has 0 aromatic heterocycles. The first-order valence-electron chi connectivity index (χ1n) is 9.59. The second-order valence-corrected chi connectivity index (χ2v) is 7.26. The lowest BCUT2D eigenvalue weighted by Crippen LogP contribution is -2.41. The molecule has 1 aromatic carbocycles. The quantitative estimate of drug-likeness (QED) is 0.190. The van der Waals surface area contributed by atoms with Crippen molar-refractivity contribution in [3.05, 3.63) is 34.9 Å². The molecule has 0 heterocycles. The summed E-state index contributed by atoms with van der Waals surface area (Å²) in [6.07, 6.45) is 1.05. The molecule has 0 saturated heterocycles. The van der Waals surface area contributed by atoms with E-state index in [1.165, 1.54) is 5.56 Å². The predicted octanol–water partition coefficient (Wildman–Crippen LogP) is 3.08. The van der Waals surface area contributed by atoms with Gasteiger partial charge in [0.15, 0.2) is 5.96 Å². The number of aliphatic imine (C=N–C) groups is 1. The summed E-state index contributed by atoms with van der Waals surface area (Å²) >= 11 is 6.02. The lowest BCUT2D eigenvalue weighted by atomic mass is 10.1. The molecule has 0 saturated carbocycles. The molecule has 6 nitrogen and oxygen atoms in total. The molecule has 0 bridgehead atoms. The molecule has 1 unspecified atom stereocenters. The summed E-state index contributed by atoms with van der Waals surface area (Å²) in [5.41, 5.74) is 1.21. The van der Waals surface area contributed by atoms with Gasteiger partial charge in [-0.1, -0.05) is 23.7 Å². The molecule has 162 valence electrons. The van der Waals surface area contributed by atoms with E-state index in [4.69, 9.17) is 21.3 Å². The normalized spacial score (nSPS) is 12.8. The SMILES string of the molecule is CCNC(=NCC(c1ccc(Cl)cc1)N(C)C)NCCN(C)CCCOC.I. The van der Waals surface area contributed by atoms with Crippen LogP contribution in [-0.4, -0.2) is 83.3 Å². The largest absolute Gasteiger partial charge is 0.385 e. The Morgan fingerprint density at radius 2 is 1.82 bits per heavy atom. The van der Waals surface area contributed by atoms with Gasteiger partial charge in [-0.3, -0.25) is 4.99 Å². The number of rotatable bonds is 12. The third-order valence-corrected chi connectivity index (χ3v) is 4.57. The fraction of sp³-hybridized carbons (Fsp3) is 0.650. The number of methoxy groups -OCH3 is 1. The van der Waals surface area contributed by atoms with Crippen LogP contribution in [0.4, 0.5) is 0 Å². The van der Waals surface area contributed by atoms with Gasteiger partial charge in [0.2, 0.25) is 0 Å². The average molecular weight is 526 g/mol. The van der Waals surface area contributed by atoms with E-state index in [0.717, 1.165) is 50.2 Å². The van der Waals surface area contributed by atoms with Gasteiger partial charge in [-0.2, -0.15) is 0 Å². The highest BCUT2D eigenvalue weighted by Gasteiger charge is 2.14. The Bertz CT molecular complexity index is 542. The Kier molecular flexibility index (Phi) is 15.9. The molecule has 1 aromatic rings. The standard InChI is InChI=1S/C20H36ClN5O.HI/c1-6-22-20(23-12-14-26(4)13-7-15-27-5)24-16-19(25(2)3)17-8-10-18(21)11-9-17;/h8-11,19H,6-7,12-16H2,1-5H3,(H2,22,23,24);1H. The van der Waals surface area contributed by atoms with Crippen LogP contribution in [0.1, 0.15) is 24.9 Å². The number of halogens is 2. The minimum absolute atomic E-state index is 0. The number of ether oxygens (including phenoxy) is 1. The third kappa shape index (κ3) is 11.4. The van der Waals surface area contributed by atoms with E-state index in [1.54, 1.807) is 7.11 Å². The molecule has 0 spiro atoms. The molecule has 28 heavy (non-hydrogen) atoms. The van der Waals surface area contributed by atoms with Crippen molar-refractivity contribution in [3.8, 4) is 0 Å². The van der Waals surface area contributed by atoms with Crippen LogP contribution in [0.15, 0.2) is 29.3 Å². The van der Waals surface area contributed by atoms with Crippen molar-refractivity contribution >= 4 is 41.5 Å². The summed E-state index contributed by atoms with van der Waals surface area (Å²) in [6.45, 7) is 7.24. The van der Waals surface area contributed by atoms with Crippen LogP contribution in [0.25, 0.3) is 0 Å². The maximum absolute atomic E-state index is 6.02. The molecule has 2 N–H and O–H groups in total. The van der Waals surface area contributed by atoms with E-state index >= 15 is 0 Å². The number of hydrogen-bond donors (Lipinski definition) is 2. The van der Waals surface area contributed by atoms with Crippen LogP contribution in [0.5, 0.6) is 0 Å². The van der Waals surface area contributed by atoms with Crippen molar-refractivity contribution in [2.75, 3.05) is 67.6 Å². The minimum atomic E-state index is 0. The van der Waals surface area contributed by atoms with E-state index in [2.05, 4.69) is 60.6 Å². The second kappa shape index (κ2) is 16.2. The lowest BCUT2D eigenvalue weighted by molar-refractivity contribution is 0.180. The Morgan fingerprint density at radius 1 is 1.14 bits per heavy atom. The van der Waals surface area contributed by atoms with Gasteiger partial charge in [0, 0.05) is 44.9 Å². The van der Waals surface area contributed by atoms with Crippen molar-refractivity contribution in [1.82, 2.24) is 20.4 Å². The van der Waals surface area contributed by atoms with Crippen LogP contribution in [-0.2, 0) is 4.74 Å². The predicted molar refractivity (Wildman–Crippen MR) is 131 cm³/mol. The van der Waals surface area contributed by atoms with Gasteiger partial charge in [0.05, 0.1) is 12.6 Å². The first kappa shape index (κ1) is 27.4. The first-order chi connectivity index (χ1) is 13.0. The lowest BCUT2D eigenvalue weighted by Gasteiger charge is -2.24. The number of nitrogens with one attached hydrogen (secondary N) is 2. The fourth-order valence-corrected chi connectivity index (χ4v) is 2.85. The van der Waals surface area contributed by atoms with E-state index in [0.29, 0.717) is 6.54 Å². The topological polar surface area (TPSA) is 52.1 Å². The van der Waals surface area contributed by atoms with Crippen LogP contribution in [0.2, 0.25) is 5.02 Å². The van der Waals surface area contributed by atoms with Crippen LogP contribution < -0.4 is 10.6 Å². The molecule has 0 amide bonds. The van der Waals surface area contributed by atoms with Gasteiger partial charge in [-0.25, -0.2) is 0 Å². The van der Waals surface area contributed by atoms with Crippen LogP contribution in [0, 0.1) is 0 Å². The average Bonchev–Trinajstić information content (AvgIpc) is 2.63. The summed E-state index contributed by atoms with van der Waals surface area (Å²) in [4.78, 5) is 9.27. The van der Waals surface area contributed by atoms with Crippen molar-refractivity contribution in [1.29, 1.82) is 0 Å². The van der Waals surface area contributed by atoms with E-state index < -0.39 is 0 Å². The van der Waals surface area contributed by atoms with Crippen LogP contribution in [0.3, 0.4) is 0 Å². The number of hydrogen-bond acceptors (Lipinski definition) is 4. The highest BCUT2D eigenvalue weighted by molar-refractivity contribution is 14.0.